The van der Waals surface area contributed by atoms with Crippen molar-refractivity contribution in [3.63, 3.8) is 0 Å². The van der Waals surface area contributed by atoms with Crippen LogP contribution in [0.15, 0.2) is 30.3 Å². The van der Waals surface area contributed by atoms with Crippen molar-refractivity contribution in [2.24, 2.45) is 5.92 Å². The molecule has 176 valence electrons. The smallest absolute Gasteiger partial charge is 0.163 e. The summed E-state index contributed by atoms with van der Waals surface area (Å²) in [6.45, 7) is 11.5. The molecule has 0 amide bonds. The van der Waals surface area contributed by atoms with Crippen LogP contribution in [-0.4, -0.2) is 54.3 Å². The molecule has 0 aliphatic carbocycles. The van der Waals surface area contributed by atoms with Gasteiger partial charge >= 0.3 is 0 Å². The second kappa shape index (κ2) is 10.7. The summed E-state index contributed by atoms with van der Waals surface area (Å²) in [5.41, 5.74) is 1.21. The predicted octanol–water partition coefficient (Wildman–Crippen LogP) is 4.43. The predicted molar refractivity (Wildman–Crippen MR) is 118 cm³/mol. The average molecular weight is 437 g/mol. The molecule has 0 aromatic heterocycles. The molecule has 2 fully saturated rings. The molecule has 1 N–H and O–H groups in total. The molecule has 2 saturated heterocycles. The van der Waals surface area contributed by atoms with Crippen LogP contribution in [0, 0.1) is 5.92 Å². The van der Waals surface area contributed by atoms with Crippen molar-refractivity contribution in [1.82, 2.24) is 0 Å². The van der Waals surface area contributed by atoms with Gasteiger partial charge in [0.05, 0.1) is 19.3 Å². The summed E-state index contributed by atoms with van der Waals surface area (Å²) < 4.78 is 29.6. The highest BCUT2D eigenvalue weighted by Gasteiger charge is 2.51. The maximum absolute atomic E-state index is 11.0. The lowest BCUT2D eigenvalue weighted by atomic mass is 9.90. The van der Waals surface area contributed by atoms with E-state index < -0.39 is 29.9 Å². The Morgan fingerprint density at radius 3 is 2.35 bits per heavy atom. The molecule has 0 spiro atoms. The van der Waals surface area contributed by atoms with Crippen LogP contribution >= 0.6 is 0 Å². The second-order valence-corrected chi connectivity index (χ2v) is 9.79. The van der Waals surface area contributed by atoms with E-state index in [4.69, 9.17) is 23.7 Å². The monoisotopic (exact) mass is 436 g/mol. The molecule has 6 heteroatoms. The fraction of sp³-hybridized carbons (Fsp3) is 0.760. The number of ether oxygens (including phenoxy) is 5. The molecule has 0 unspecified atom stereocenters. The maximum atomic E-state index is 11.0. The fourth-order valence-electron chi connectivity index (χ4n) is 4.39. The Labute approximate surface area is 187 Å². The molecule has 3 rings (SSSR count). The van der Waals surface area contributed by atoms with E-state index in [9.17, 15) is 5.11 Å². The van der Waals surface area contributed by atoms with Crippen molar-refractivity contribution >= 4 is 0 Å². The minimum atomic E-state index is -0.789. The minimum Gasteiger partial charge on any atom is -0.387 e. The molecule has 0 bridgehead atoms. The normalized spacial score (nSPS) is 29.2. The molecule has 0 saturated carbocycles. The minimum absolute atomic E-state index is 0.174. The quantitative estimate of drug-likeness (QED) is 0.518. The third-order valence-corrected chi connectivity index (χ3v) is 6.03. The number of benzene rings is 1. The number of aliphatic hydroxyl groups is 1. The number of unbranched alkanes of at least 4 members (excludes halogenated alkanes) is 2. The zero-order valence-electron chi connectivity index (χ0n) is 19.7. The SMILES string of the molecule is C[C@@H](CCCCCOCc1ccccc1)[C@@H]1OC(C)(C)O[C@H]1[C@@H](O)[C@H]1COC(C)(C)O1. The second-order valence-electron chi connectivity index (χ2n) is 9.79. The Balaban J connectivity index is 1.39. The first-order chi connectivity index (χ1) is 14.7. The third kappa shape index (κ3) is 7.24. The van der Waals surface area contributed by atoms with Crippen LogP contribution in [0.1, 0.15) is 65.9 Å². The molecule has 2 aliphatic heterocycles. The molecular formula is C25H40O6. The summed E-state index contributed by atoms with van der Waals surface area (Å²) >= 11 is 0. The number of hydrogen-bond donors (Lipinski definition) is 1. The van der Waals surface area contributed by atoms with E-state index >= 15 is 0 Å². The summed E-state index contributed by atoms with van der Waals surface area (Å²) in [7, 11) is 0. The summed E-state index contributed by atoms with van der Waals surface area (Å²) in [6.07, 6.45) is 2.46. The zero-order valence-corrected chi connectivity index (χ0v) is 19.7. The molecule has 31 heavy (non-hydrogen) atoms. The van der Waals surface area contributed by atoms with E-state index in [0.717, 1.165) is 32.3 Å². The van der Waals surface area contributed by atoms with Gasteiger partial charge < -0.3 is 28.8 Å². The van der Waals surface area contributed by atoms with Gasteiger partial charge in [0.25, 0.3) is 0 Å². The van der Waals surface area contributed by atoms with Crippen molar-refractivity contribution in [3.05, 3.63) is 35.9 Å². The van der Waals surface area contributed by atoms with Crippen LogP contribution in [0.3, 0.4) is 0 Å². The van der Waals surface area contributed by atoms with Gasteiger partial charge in [-0.15, -0.1) is 0 Å². The fourth-order valence-corrected chi connectivity index (χ4v) is 4.39. The van der Waals surface area contributed by atoms with Gasteiger partial charge in [-0.25, -0.2) is 0 Å². The van der Waals surface area contributed by atoms with E-state index in [1.165, 1.54) is 5.56 Å². The van der Waals surface area contributed by atoms with Crippen molar-refractivity contribution in [2.45, 2.75) is 103 Å². The van der Waals surface area contributed by atoms with Gasteiger partial charge in [0, 0.05) is 6.61 Å². The van der Waals surface area contributed by atoms with Crippen molar-refractivity contribution in [1.29, 1.82) is 0 Å². The lowest BCUT2D eigenvalue weighted by Gasteiger charge is -2.29. The largest absolute Gasteiger partial charge is 0.387 e. The third-order valence-electron chi connectivity index (χ3n) is 6.03. The van der Waals surface area contributed by atoms with Crippen LogP contribution in [-0.2, 0) is 30.3 Å². The standard InChI is InChI=1S/C25H40O6/c1-18(12-8-7-11-15-27-16-19-13-9-6-10-14-19)22-23(31-25(4,5)30-22)21(26)20-17-28-24(2,3)29-20/h6,9-10,13-14,18,20-23,26H,7-8,11-12,15-17H2,1-5H3/t18-,20+,21-,22-,23-/m0/s1. The van der Waals surface area contributed by atoms with E-state index in [-0.39, 0.29) is 12.0 Å². The van der Waals surface area contributed by atoms with Gasteiger partial charge in [0.15, 0.2) is 11.6 Å². The summed E-state index contributed by atoms with van der Waals surface area (Å²) in [5.74, 6) is -1.13. The van der Waals surface area contributed by atoms with Crippen LogP contribution in [0.2, 0.25) is 0 Å². The maximum Gasteiger partial charge on any atom is 0.163 e. The first-order valence-electron chi connectivity index (χ1n) is 11.6. The van der Waals surface area contributed by atoms with E-state index in [1.807, 2.05) is 45.9 Å². The van der Waals surface area contributed by atoms with Crippen LogP contribution < -0.4 is 0 Å². The molecule has 1 aromatic carbocycles. The molecule has 1 aromatic rings. The molecule has 6 nitrogen and oxygen atoms in total. The zero-order chi connectivity index (χ0) is 22.5. The van der Waals surface area contributed by atoms with Crippen molar-refractivity contribution in [2.75, 3.05) is 13.2 Å². The first kappa shape index (κ1) is 24.6. The van der Waals surface area contributed by atoms with E-state index in [2.05, 4.69) is 19.1 Å². The van der Waals surface area contributed by atoms with Crippen molar-refractivity contribution in [3.8, 4) is 0 Å². The average Bonchev–Trinajstić information content (AvgIpc) is 3.25. The van der Waals surface area contributed by atoms with Gasteiger partial charge in [0.1, 0.15) is 18.3 Å². The van der Waals surface area contributed by atoms with Crippen LogP contribution in [0.25, 0.3) is 0 Å². The lowest BCUT2D eigenvalue weighted by Crippen LogP contribution is -2.46. The molecular weight excluding hydrogens is 396 g/mol. The Morgan fingerprint density at radius 2 is 1.68 bits per heavy atom. The highest BCUT2D eigenvalue weighted by atomic mass is 16.8. The highest BCUT2D eigenvalue weighted by molar-refractivity contribution is 5.13. The molecule has 2 aliphatic rings. The number of rotatable bonds is 11. The summed E-state index contributed by atoms with van der Waals surface area (Å²) in [4.78, 5) is 0. The van der Waals surface area contributed by atoms with Crippen LogP contribution in [0.5, 0.6) is 0 Å². The first-order valence-corrected chi connectivity index (χ1v) is 11.6. The topological polar surface area (TPSA) is 66.4 Å². The Morgan fingerprint density at radius 1 is 0.968 bits per heavy atom. The molecule has 2 heterocycles. The lowest BCUT2D eigenvalue weighted by molar-refractivity contribution is -0.178. The molecule has 0 radical (unpaired) electrons. The van der Waals surface area contributed by atoms with Gasteiger partial charge in [0.2, 0.25) is 0 Å². The van der Waals surface area contributed by atoms with Crippen molar-refractivity contribution < 1.29 is 28.8 Å². The Bertz CT molecular complexity index is 661. The van der Waals surface area contributed by atoms with E-state index in [0.29, 0.717) is 13.2 Å². The van der Waals surface area contributed by atoms with E-state index in [1.54, 1.807) is 0 Å². The van der Waals surface area contributed by atoms with Crippen LogP contribution in [0.4, 0.5) is 0 Å². The highest BCUT2D eigenvalue weighted by Crippen LogP contribution is 2.38. The Hall–Kier alpha value is -1.02. The van der Waals surface area contributed by atoms with Gasteiger partial charge in [-0.2, -0.15) is 0 Å². The summed E-state index contributed by atoms with van der Waals surface area (Å²) in [6, 6.07) is 10.3. The molecule has 5 atom stereocenters. The van der Waals surface area contributed by atoms with Gasteiger partial charge in [-0.3, -0.25) is 0 Å². The number of hydrogen-bond acceptors (Lipinski definition) is 6. The Kier molecular flexibility index (Phi) is 8.52. The van der Waals surface area contributed by atoms with Gasteiger partial charge in [-0.1, -0.05) is 50.1 Å². The van der Waals surface area contributed by atoms with Gasteiger partial charge in [-0.05, 0) is 52.0 Å². The number of aliphatic hydroxyl groups excluding tert-OH is 1. The summed E-state index contributed by atoms with van der Waals surface area (Å²) in [5, 5.41) is 11.0.